The zero-order valence-electron chi connectivity index (χ0n) is 13.0. The molecule has 1 aromatic rings. The average Bonchev–Trinajstić information content (AvgIpc) is 2.50. The van der Waals surface area contributed by atoms with E-state index >= 15 is 0 Å². The molecule has 1 N–H and O–H groups in total. The molecule has 1 aliphatic rings. The lowest BCUT2D eigenvalue weighted by molar-refractivity contribution is 0.166. The number of benzene rings is 1. The Labute approximate surface area is 126 Å². The second-order valence-electron chi connectivity index (χ2n) is 6.09. The van der Waals surface area contributed by atoms with Crippen LogP contribution in [0.3, 0.4) is 0 Å². The van der Waals surface area contributed by atoms with Crippen molar-refractivity contribution in [1.82, 2.24) is 10.2 Å². The van der Waals surface area contributed by atoms with Crippen molar-refractivity contribution in [3.63, 3.8) is 0 Å². The van der Waals surface area contributed by atoms with Gasteiger partial charge in [0.2, 0.25) is 0 Å². The standard InChI is InChI=1S/C17H26F2N2/c1-3-11-20-14-7-9-15(10-8-14)21(2)12-13-5-4-6-16(18)17(13)19/h4-6,14-15,20H,3,7-12H2,1-2H3. The second kappa shape index (κ2) is 7.85. The minimum atomic E-state index is -0.756. The van der Waals surface area contributed by atoms with E-state index in [9.17, 15) is 8.78 Å². The number of nitrogens with one attached hydrogen (secondary N) is 1. The molecule has 0 bridgehead atoms. The predicted molar refractivity (Wildman–Crippen MR) is 82.2 cm³/mol. The summed E-state index contributed by atoms with van der Waals surface area (Å²) in [6.07, 6.45) is 5.74. The molecule has 1 fully saturated rings. The molecule has 0 aliphatic heterocycles. The van der Waals surface area contributed by atoms with Crippen LogP contribution in [0.15, 0.2) is 18.2 Å². The summed E-state index contributed by atoms with van der Waals surface area (Å²) in [4.78, 5) is 2.16. The van der Waals surface area contributed by atoms with E-state index in [0.29, 0.717) is 24.2 Å². The van der Waals surface area contributed by atoms with Crippen LogP contribution in [0.25, 0.3) is 0 Å². The summed E-state index contributed by atoms with van der Waals surface area (Å²) in [6.45, 7) is 3.74. The third-order valence-corrected chi connectivity index (χ3v) is 4.45. The average molecular weight is 296 g/mol. The van der Waals surface area contributed by atoms with Gasteiger partial charge in [-0.25, -0.2) is 8.78 Å². The van der Waals surface area contributed by atoms with Crippen LogP contribution in [0, 0.1) is 11.6 Å². The van der Waals surface area contributed by atoms with Gasteiger partial charge in [-0.3, -0.25) is 4.90 Å². The molecule has 1 saturated carbocycles. The van der Waals surface area contributed by atoms with E-state index in [1.165, 1.54) is 25.3 Å². The summed E-state index contributed by atoms with van der Waals surface area (Å²) in [7, 11) is 2.01. The summed E-state index contributed by atoms with van der Waals surface area (Å²) in [6, 6.07) is 5.51. The van der Waals surface area contributed by atoms with E-state index in [-0.39, 0.29) is 0 Å². The van der Waals surface area contributed by atoms with E-state index in [2.05, 4.69) is 17.1 Å². The number of hydrogen-bond donors (Lipinski definition) is 1. The van der Waals surface area contributed by atoms with Crippen molar-refractivity contribution < 1.29 is 8.78 Å². The van der Waals surface area contributed by atoms with Crippen molar-refractivity contribution >= 4 is 0 Å². The van der Waals surface area contributed by atoms with Gasteiger partial charge in [0.15, 0.2) is 11.6 Å². The molecule has 0 radical (unpaired) electrons. The quantitative estimate of drug-likeness (QED) is 0.861. The van der Waals surface area contributed by atoms with Gasteiger partial charge < -0.3 is 5.32 Å². The fourth-order valence-corrected chi connectivity index (χ4v) is 3.14. The third kappa shape index (κ3) is 4.48. The van der Waals surface area contributed by atoms with Crippen LogP contribution in [0.2, 0.25) is 0 Å². The smallest absolute Gasteiger partial charge is 0.163 e. The van der Waals surface area contributed by atoms with Gasteiger partial charge in [0.05, 0.1) is 0 Å². The maximum atomic E-state index is 13.7. The zero-order valence-corrected chi connectivity index (χ0v) is 13.0. The molecular formula is C17H26F2N2. The van der Waals surface area contributed by atoms with Gasteiger partial charge in [-0.05, 0) is 51.8 Å². The maximum Gasteiger partial charge on any atom is 0.163 e. The molecule has 0 spiro atoms. The Hall–Kier alpha value is -1.00. The molecule has 0 saturated heterocycles. The first kappa shape index (κ1) is 16.4. The highest BCUT2D eigenvalue weighted by Crippen LogP contribution is 2.24. The van der Waals surface area contributed by atoms with Crippen molar-refractivity contribution in [1.29, 1.82) is 0 Å². The molecule has 0 unspecified atom stereocenters. The second-order valence-corrected chi connectivity index (χ2v) is 6.09. The first-order chi connectivity index (χ1) is 10.1. The van der Waals surface area contributed by atoms with Crippen LogP contribution in [0.1, 0.15) is 44.6 Å². The fraction of sp³-hybridized carbons (Fsp3) is 0.647. The van der Waals surface area contributed by atoms with Crippen molar-refractivity contribution in [2.24, 2.45) is 0 Å². The van der Waals surface area contributed by atoms with Crippen molar-refractivity contribution in [2.45, 2.75) is 57.7 Å². The lowest BCUT2D eigenvalue weighted by Crippen LogP contribution is -2.40. The van der Waals surface area contributed by atoms with Crippen LogP contribution < -0.4 is 5.32 Å². The minimum Gasteiger partial charge on any atom is -0.314 e. The SMILES string of the molecule is CCCNC1CCC(N(C)Cc2cccc(F)c2F)CC1. The molecule has 1 aliphatic carbocycles. The Balaban J connectivity index is 1.84. The number of halogens is 2. The lowest BCUT2D eigenvalue weighted by atomic mass is 9.90. The Bertz CT molecular complexity index is 442. The van der Waals surface area contributed by atoms with Crippen molar-refractivity contribution in [3.05, 3.63) is 35.4 Å². The molecule has 0 aromatic heterocycles. The number of rotatable bonds is 6. The molecule has 0 heterocycles. The molecule has 1 aromatic carbocycles. The van der Waals surface area contributed by atoms with Gasteiger partial charge in [0.1, 0.15) is 0 Å². The zero-order chi connectivity index (χ0) is 15.2. The maximum absolute atomic E-state index is 13.7. The lowest BCUT2D eigenvalue weighted by Gasteiger charge is -2.35. The van der Waals surface area contributed by atoms with Gasteiger partial charge in [0, 0.05) is 24.2 Å². The molecule has 21 heavy (non-hydrogen) atoms. The largest absolute Gasteiger partial charge is 0.314 e. The van der Waals surface area contributed by atoms with E-state index in [4.69, 9.17) is 0 Å². The fourth-order valence-electron chi connectivity index (χ4n) is 3.14. The highest BCUT2D eigenvalue weighted by Gasteiger charge is 2.24. The summed E-state index contributed by atoms with van der Waals surface area (Å²) >= 11 is 0. The molecule has 4 heteroatoms. The Morgan fingerprint density at radius 1 is 1.19 bits per heavy atom. The minimum absolute atomic E-state index is 0.448. The Morgan fingerprint density at radius 3 is 2.57 bits per heavy atom. The van der Waals surface area contributed by atoms with Gasteiger partial charge in [-0.1, -0.05) is 19.1 Å². The van der Waals surface area contributed by atoms with E-state index in [1.54, 1.807) is 12.1 Å². The summed E-state index contributed by atoms with van der Waals surface area (Å²) < 4.78 is 27.0. The van der Waals surface area contributed by atoms with Crippen LogP contribution in [-0.2, 0) is 6.54 Å². The van der Waals surface area contributed by atoms with E-state index in [1.807, 2.05) is 7.05 Å². The normalized spacial score (nSPS) is 22.7. The molecule has 118 valence electrons. The van der Waals surface area contributed by atoms with E-state index < -0.39 is 11.6 Å². The van der Waals surface area contributed by atoms with Crippen LogP contribution >= 0.6 is 0 Å². The predicted octanol–water partition coefficient (Wildman–Crippen LogP) is 3.71. The summed E-state index contributed by atoms with van der Waals surface area (Å²) in [5.74, 6) is -1.46. The monoisotopic (exact) mass is 296 g/mol. The van der Waals surface area contributed by atoms with Crippen molar-refractivity contribution in [3.8, 4) is 0 Å². The van der Waals surface area contributed by atoms with Gasteiger partial charge >= 0.3 is 0 Å². The highest BCUT2D eigenvalue weighted by molar-refractivity contribution is 5.18. The summed E-state index contributed by atoms with van der Waals surface area (Å²) in [5.41, 5.74) is 0.448. The Morgan fingerprint density at radius 2 is 1.90 bits per heavy atom. The summed E-state index contributed by atoms with van der Waals surface area (Å²) in [5, 5.41) is 3.57. The first-order valence-corrected chi connectivity index (χ1v) is 7.98. The Kier molecular flexibility index (Phi) is 6.12. The van der Waals surface area contributed by atoms with E-state index in [0.717, 1.165) is 19.4 Å². The van der Waals surface area contributed by atoms with Gasteiger partial charge in [-0.15, -0.1) is 0 Å². The molecular weight excluding hydrogens is 270 g/mol. The van der Waals surface area contributed by atoms with Gasteiger partial charge in [0.25, 0.3) is 0 Å². The first-order valence-electron chi connectivity index (χ1n) is 7.98. The molecule has 0 atom stereocenters. The molecule has 2 rings (SSSR count). The highest BCUT2D eigenvalue weighted by atomic mass is 19.2. The number of nitrogens with zero attached hydrogens (tertiary/aromatic N) is 1. The van der Waals surface area contributed by atoms with Crippen LogP contribution in [0.4, 0.5) is 8.78 Å². The molecule has 2 nitrogen and oxygen atoms in total. The number of hydrogen-bond acceptors (Lipinski definition) is 2. The third-order valence-electron chi connectivity index (χ3n) is 4.45. The van der Waals surface area contributed by atoms with Crippen molar-refractivity contribution in [2.75, 3.05) is 13.6 Å². The molecule has 0 amide bonds. The topological polar surface area (TPSA) is 15.3 Å². The van der Waals surface area contributed by atoms with Gasteiger partial charge in [-0.2, -0.15) is 0 Å². The van der Waals surface area contributed by atoms with Crippen LogP contribution in [0.5, 0.6) is 0 Å². The van der Waals surface area contributed by atoms with Crippen LogP contribution in [-0.4, -0.2) is 30.6 Å².